The number of hydrogen-bond acceptors (Lipinski definition) is 5. The third kappa shape index (κ3) is 8.01. The number of anilines is 2. The summed E-state index contributed by atoms with van der Waals surface area (Å²) in [6.45, 7) is 9.14. The average Bonchev–Trinajstić information content (AvgIpc) is 2.75. The zero-order chi connectivity index (χ0) is 24.4. The van der Waals surface area contributed by atoms with E-state index in [-0.39, 0.29) is 31.3 Å². The summed E-state index contributed by atoms with van der Waals surface area (Å²) < 4.78 is 5.19. The zero-order valence-electron chi connectivity index (χ0n) is 20.3. The summed E-state index contributed by atoms with van der Waals surface area (Å²) in [5, 5.41) is 12.0. The number of amides is 2. The number of nitrogens with one attached hydrogen (secondary N) is 1. The van der Waals surface area contributed by atoms with Crippen LogP contribution in [0.15, 0.2) is 36.4 Å². The molecule has 1 N–H and O–H groups in total. The quantitative estimate of drug-likeness (QED) is 0.563. The van der Waals surface area contributed by atoms with Crippen LogP contribution >= 0.6 is 0 Å². The van der Waals surface area contributed by atoms with E-state index in [0.717, 1.165) is 33.6 Å². The number of aryl methyl sites for hydroxylation is 3. The molecule has 0 aromatic heterocycles. The third-order valence-electron chi connectivity index (χ3n) is 5.48. The van der Waals surface area contributed by atoms with Gasteiger partial charge in [-0.25, -0.2) is 0 Å². The standard InChI is InChI=1S/C26H34N4O3/c1-19-14-20(2)16-23(15-19)30(11-7-10-27)26(32)18-29(12-13-33-5)17-25(31)28-24-9-6-8-21(3)22(24)4/h6,8-9,14-16H,7,11-13,17-18H2,1-5H3,(H,28,31). The third-order valence-corrected chi connectivity index (χ3v) is 5.48. The molecule has 33 heavy (non-hydrogen) atoms. The molecule has 0 aliphatic heterocycles. The minimum atomic E-state index is -0.192. The molecule has 0 radical (unpaired) electrons. The Morgan fingerprint density at radius 1 is 1.03 bits per heavy atom. The molecular formula is C26H34N4O3. The second-order valence-electron chi connectivity index (χ2n) is 8.30. The van der Waals surface area contributed by atoms with E-state index in [9.17, 15) is 9.59 Å². The van der Waals surface area contributed by atoms with Gasteiger partial charge in [0.15, 0.2) is 0 Å². The van der Waals surface area contributed by atoms with E-state index in [4.69, 9.17) is 10.00 Å². The summed E-state index contributed by atoms with van der Waals surface area (Å²) in [6.07, 6.45) is 0.226. The molecule has 2 rings (SSSR count). The highest BCUT2D eigenvalue weighted by Crippen LogP contribution is 2.20. The summed E-state index contributed by atoms with van der Waals surface area (Å²) in [4.78, 5) is 29.5. The maximum absolute atomic E-state index is 13.3. The van der Waals surface area contributed by atoms with E-state index < -0.39 is 0 Å². The molecule has 2 aromatic carbocycles. The Hall–Kier alpha value is -3.21. The number of nitriles is 1. The molecule has 7 nitrogen and oxygen atoms in total. The molecule has 0 aliphatic rings. The molecule has 176 valence electrons. The van der Waals surface area contributed by atoms with E-state index in [1.165, 1.54) is 0 Å². The van der Waals surface area contributed by atoms with Crippen LogP contribution in [0.1, 0.15) is 28.7 Å². The summed E-state index contributed by atoms with van der Waals surface area (Å²) >= 11 is 0. The Labute approximate surface area is 196 Å². The Balaban J connectivity index is 2.16. The molecule has 0 fully saturated rings. The molecule has 0 saturated heterocycles. The lowest BCUT2D eigenvalue weighted by Crippen LogP contribution is -2.44. The van der Waals surface area contributed by atoms with Gasteiger partial charge in [-0.05, 0) is 68.1 Å². The number of carbonyl (C=O) groups excluding carboxylic acids is 2. The van der Waals surface area contributed by atoms with E-state index in [2.05, 4.69) is 11.4 Å². The van der Waals surface area contributed by atoms with E-state index in [0.29, 0.717) is 19.7 Å². The van der Waals surface area contributed by atoms with Gasteiger partial charge in [-0.1, -0.05) is 18.2 Å². The number of hydrogen-bond donors (Lipinski definition) is 1. The van der Waals surface area contributed by atoms with Gasteiger partial charge in [0.25, 0.3) is 0 Å². The van der Waals surface area contributed by atoms with Gasteiger partial charge in [0.1, 0.15) is 0 Å². The van der Waals surface area contributed by atoms with Crippen LogP contribution < -0.4 is 10.2 Å². The van der Waals surface area contributed by atoms with Crippen LogP contribution in [-0.2, 0) is 14.3 Å². The van der Waals surface area contributed by atoms with Crippen LogP contribution in [0.25, 0.3) is 0 Å². The molecule has 7 heteroatoms. The Morgan fingerprint density at radius 3 is 2.36 bits per heavy atom. The second kappa shape index (κ2) is 12.7. The minimum Gasteiger partial charge on any atom is -0.383 e. The maximum Gasteiger partial charge on any atom is 0.241 e. The van der Waals surface area contributed by atoms with Crippen molar-refractivity contribution in [3.8, 4) is 6.07 Å². The van der Waals surface area contributed by atoms with Crippen LogP contribution in [0.3, 0.4) is 0 Å². The highest BCUT2D eigenvalue weighted by molar-refractivity contribution is 5.96. The molecule has 0 unspecified atom stereocenters. The van der Waals surface area contributed by atoms with Crippen molar-refractivity contribution in [1.29, 1.82) is 5.26 Å². The first-order valence-electron chi connectivity index (χ1n) is 11.1. The predicted octanol–water partition coefficient (Wildman–Crippen LogP) is 3.75. The van der Waals surface area contributed by atoms with Gasteiger partial charge in [0.05, 0.1) is 32.2 Å². The smallest absolute Gasteiger partial charge is 0.241 e. The maximum atomic E-state index is 13.3. The van der Waals surface area contributed by atoms with Crippen LogP contribution in [0.4, 0.5) is 11.4 Å². The first-order chi connectivity index (χ1) is 15.7. The van der Waals surface area contributed by atoms with Crippen LogP contribution in [0.2, 0.25) is 0 Å². The van der Waals surface area contributed by atoms with Crippen molar-refractivity contribution >= 4 is 23.2 Å². The Kier molecular flexibility index (Phi) is 10.0. The van der Waals surface area contributed by atoms with Crippen molar-refractivity contribution in [3.63, 3.8) is 0 Å². The largest absolute Gasteiger partial charge is 0.383 e. The lowest BCUT2D eigenvalue weighted by Gasteiger charge is -2.27. The predicted molar refractivity (Wildman–Crippen MR) is 131 cm³/mol. The summed E-state index contributed by atoms with van der Waals surface area (Å²) in [7, 11) is 1.59. The van der Waals surface area contributed by atoms with Crippen molar-refractivity contribution in [3.05, 3.63) is 58.7 Å². The molecule has 0 aliphatic carbocycles. The molecule has 0 saturated carbocycles. The van der Waals surface area contributed by atoms with E-state index in [1.807, 2.05) is 64.1 Å². The molecule has 2 amide bonds. The highest BCUT2D eigenvalue weighted by Gasteiger charge is 2.21. The molecule has 0 atom stereocenters. The van der Waals surface area contributed by atoms with Gasteiger partial charge in [0, 0.05) is 31.6 Å². The minimum absolute atomic E-state index is 0.0436. The molecule has 0 heterocycles. The second-order valence-corrected chi connectivity index (χ2v) is 8.30. The molecule has 2 aromatic rings. The fourth-order valence-electron chi connectivity index (χ4n) is 3.66. The summed E-state index contributed by atoms with van der Waals surface area (Å²) in [6, 6.07) is 13.8. The highest BCUT2D eigenvalue weighted by atomic mass is 16.5. The van der Waals surface area contributed by atoms with Crippen LogP contribution in [0.5, 0.6) is 0 Å². The van der Waals surface area contributed by atoms with Crippen molar-refractivity contribution in [2.75, 3.05) is 50.1 Å². The van der Waals surface area contributed by atoms with Crippen molar-refractivity contribution in [2.24, 2.45) is 0 Å². The van der Waals surface area contributed by atoms with Gasteiger partial charge < -0.3 is 15.0 Å². The topological polar surface area (TPSA) is 85.7 Å². The van der Waals surface area contributed by atoms with Crippen molar-refractivity contribution in [1.82, 2.24) is 4.90 Å². The van der Waals surface area contributed by atoms with Gasteiger partial charge in [0.2, 0.25) is 11.8 Å². The Bertz CT molecular complexity index is 993. The van der Waals surface area contributed by atoms with E-state index in [1.54, 1.807) is 16.9 Å². The first-order valence-corrected chi connectivity index (χ1v) is 11.1. The number of nitrogens with zero attached hydrogens (tertiary/aromatic N) is 3. The lowest BCUT2D eigenvalue weighted by molar-refractivity contribution is -0.121. The lowest BCUT2D eigenvalue weighted by atomic mass is 10.1. The average molecular weight is 451 g/mol. The molecular weight excluding hydrogens is 416 g/mol. The fraction of sp³-hybridized carbons (Fsp3) is 0.423. The molecule has 0 bridgehead atoms. The molecule has 0 spiro atoms. The zero-order valence-corrected chi connectivity index (χ0v) is 20.3. The van der Waals surface area contributed by atoms with Crippen molar-refractivity contribution < 1.29 is 14.3 Å². The number of methoxy groups -OCH3 is 1. The fourth-order valence-corrected chi connectivity index (χ4v) is 3.66. The normalized spacial score (nSPS) is 10.7. The number of benzene rings is 2. The van der Waals surface area contributed by atoms with Gasteiger partial charge in [-0.15, -0.1) is 0 Å². The number of rotatable bonds is 11. The van der Waals surface area contributed by atoms with Crippen LogP contribution in [0, 0.1) is 39.0 Å². The van der Waals surface area contributed by atoms with Crippen LogP contribution in [-0.4, -0.2) is 56.6 Å². The number of carbonyl (C=O) groups is 2. The van der Waals surface area contributed by atoms with E-state index >= 15 is 0 Å². The van der Waals surface area contributed by atoms with Crippen molar-refractivity contribution in [2.45, 2.75) is 34.1 Å². The summed E-state index contributed by atoms with van der Waals surface area (Å²) in [5.41, 5.74) is 5.74. The van der Waals surface area contributed by atoms with Gasteiger partial charge in [-0.3, -0.25) is 14.5 Å². The van der Waals surface area contributed by atoms with Gasteiger partial charge in [-0.2, -0.15) is 5.26 Å². The SMILES string of the molecule is COCCN(CC(=O)Nc1cccc(C)c1C)CC(=O)N(CCC#N)c1cc(C)cc(C)c1. The first kappa shape index (κ1) is 26.0. The summed E-state index contributed by atoms with van der Waals surface area (Å²) in [5.74, 6) is -0.353. The van der Waals surface area contributed by atoms with Gasteiger partial charge >= 0.3 is 0 Å². The monoisotopic (exact) mass is 450 g/mol. The number of ether oxygens (including phenoxy) is 1. The Morgan fingerprint density at radius 2 is 1.73 bits per heavy atom.